The van der Waals surface area contributed by atoms with Gasteiger partial charge in [-0.15, -0.1) is 11.3 Å². The Morgan fingerprint density at radius 3 is 2.78 bits per heavy atom. The van der Waals surface area contributed by atoms with E-state index in [0.29, 0.717) is 5.00 Å². The van der Waals surface area contributed by atoms with Crippen LogP contribution in [0, 0.1) is 11.3 Å². The SMILES string of the molecule is N#Cc1c(N)sc2c1C2. The van der Waals surface area contributed by atoms with Gasteiger partial charge < -0.3 is 5.73 Å². The van der Waals surface area contributed by atoms with Crippen LogP contribution < -0.4 is 5.73 Å². The van der Waals surface area contributed by atoms with Crippen molar-refractivity contribution in [3.63, 3.8) is 0 Å². The van der Waals surface area contributed by atoms with Gasteiger partial charge in [-0.3, -0.25) is 0 Å². The molecule has 0 saturated heterocycles. The zero-order chi connectivity index (χ0) is 6.43. The first-order valence-electron chi connectivity index (χ1n) is 2.63. The second-order valence-electron chi connectivity index (χ2n) is 2.03. The van der Waals surface area contributed by atoms with E-state index in [9.17, 15) is 0 Å². The van der Waals surface area contributed by atoms with Gasteiger partial charge in [0.15, 0.2) is 0 Å². The van der Waals surface area contributed by atoms with Crippen LogP contribution in [0.5, 0.6) is 0 Å². The Bertz CT molecular complexity index is 302. The Morgan fingerprint density at radius 2 is 2.44 bits per heavy atom. The largest absolute Gasteiger partial charge is 0.389 e. The van der Waals surface area contributed by atoms with Crippen LogP contribution in [0.2, 0.25) is 0 Å². The minimum Gasteiger partial charge on any atom is -0.389 e. The van der Waals surface area contributed by atoms with Gasteiger partial charge >= 0.3 is 0 Å². The van der Waals surface area contributed by atoms with E-state index in [-0.39, 0.29) is 0 Å². The molecular formula is C6H4N2S. The fourth-order valence-electron chi connectivity index (χ4n) is 0.897. The lowest BCUT2D eigenvalue weighted by Crippen LogP contribution is -1.83. The van der Waals surface area contributed by atoms with Crippen molar-refractivity contribution in [2.24, 2.45) is 0 Å². The smallest absolute Gasteiger partial charge is 0.104 e. The fraction of sp³-hybridized carbons (Fsp3) is 0.167. The van der Waals surface area contributed by atoms with Gasteiger partial charge in [0, 0.05) is 11.3 Å². The summed E-state index contributed by atoms with van der Waals surface area (Å²) in [7, 11) is 0. The molecule has 0 bridgehead atoms. The second-order valence-corrected chi connectivity index (χ2v) is 3.17. The Hall–Kier alpha value is -1.01. The number of nitriles is 1. The van der Waals surface area contributed by atoms with Gasteiger partial charge in [-0.2, -0.15) is 5.26 Å². The predicted octanol–water partition coefficient (Wildman–Crippen LogP) is 1.11. The Kier molecular flexibility index (Phi) is 0.688. The molecule has 0 atom stereocenters. The zero-order valence-corrected chi connectivity index (χ0v) is 5.46. The van der Waals surface area contributed by atoms with Crippen molar-refractivity contribution in [2.45, 2.75) is 6.42 Å². The number of anilines is 1. The molecule has 3 heteroatoms. The number of nitrogens with two attached hydrogens (primary N) is 1. The van der Waals surface area contributed by atoms with Crippen molar-refractivity contribution in [3.8, 4) is 6.07 Å². The lowest BCUT2D eigenvalue weighted by atomic mass is 10.3. The van der Waals surface area contributed by atoms with Crippen LogP contribution in [0.15, 0.2) is 0 Å². The van der Waals surface area contributed by atoms with Crippen LogP contribution in [0.4, 0.5) is 5.00 Å². The average Bonchev–Trinajstić information content (AvgIpc) is 2.45. The number of rotatable bonds is 0. The molecule has 0 spiro atoms. The summed E-state index contributed by atoms with van der Waals surface area (Å²) >= 11 is 1.54. The molecule has 1 aromatic heterocycles. The van der Waals surface area contributed by atoms with Gasteiger partial charge in [-0.25, -0.2) is 0 Å². The first-order valence-corrected chi connectivity index (χ1v) is 3.44. The van der Waals surface area contributed by atoms with Gasteiger partial charge in [0.25, 0.3) is 0 Å². The number of fused-ring (bicyclic) bond motifs is 1. The molecule has 1 aliphatic carbocycles. The summed E-state index contributed by atoms with van der Waals surface area (Å²) in [6.45, 7) is 0. The quantitative estimate of drug-likeness (QED) is 0.589. The van der Waals surface area contributed by atoms with E-state index in [0.717, 1.165) is 12.0 Å². The molecule has 2 nitrogen and oxygen atoms in total. The molecule has 0 fully saturated rings. The van der Waals surface area contributed by atoms with Crippen LogP contribution in [0.25, 0.3) is 0 Å². The van der Waals surface area contributed by atoms with Crippen molar-refractivity contribution in [2.75, 3.05) is 5.73 Å². The van der Waals surface area contributed by atoms with E-state index in [1.54, 1.807) is 11.3 Å². The molecular weight excluding hydrogens is 132 g/mol. The third kappa shape index (κ3) is 0.483. The predicted molar refractivity (Wildman–Crippen MR) is 36.3 cm³/mol. The van der Waals surface area contributed by atoms with Crippen LogP contribution in [0.3, 0.4) is 0 Å². The van der Waals surface area contributed by atoms with E-state index in [4.69, 9.17) is 11.0 Å². The highest BCUT2D eigenvalue weighted by molar-refractivity contribution is 7.17. The summed E-state index contributed by atoms with van der Waals surface area (Å²) in [5.74, 6) is 0. The van der Waals surface area contributed by atoms with E-state index < -0.39 is 0 Å². The van der Waals surface area contributed by atoms with Gasteiger partial charge in [-0.1, -0.05) is 0 Å². The third-order valence-corrected chi connectivity index (χ3v) is 2.50. The molecule has 0 saturated carbocycles. The molecule has 0 aliphatic heterocycles. The number of hydrogen-bond acceptors (Lipinski definition) is 3. The number of nitrogens with zero attached hydrogens (tertiary/aromatic N) is 1. The molecule has 2 rings (SSSR count). The molecule has 1 aromatic rings. The highest BCUT2D eigenvalue weighted by Gasteiger charge is 2.26. The van der Waals surface area contributed by atoms with Crippen molar-refractivity contribution in [3.05, 3.63) is 16.0 Å². The van der Waals surface area contributed by atoms with Gasteiger partial charge in [0.05, 0.1) is 5.56 Å². The number of hydrogen-bond donors (Lipinski definition) is 1. The summed E-state index contributed by atoms with van der Waals surface area (Å²) in [4.78, 5) is 1.30. The summed E-state index contributed by atoms with van der Waals surface area (Å²) < 4.78 is 0. The topological polar surface area (TPSA) is 49.8 Å². The molecule has 1 aliphatic rings. The summed E-state index contributed by atoms with van der Waals surface area (Å²) in [6.07, 6.45) is 1.01. The van der Waals surface area contributed by atoms with E-state index in [1.807, 2.05) is 0 Å². The molecule has 0 aromatic carbocycles. The maximum absolute atomic E-state index is 8.50. The van der Waals surface area contributed by atoms with Crippen molar-refractivity contribution in [1.29, 1.82) is 5.26 Å². The molecule has 0 amide bonds. The van der Waals surface area contributed by atoms with Gasteiger partial charge in [-0.05, 0) is 5.56 Å². The van der Waals surface area contributed by atoms with Crippen LogP contribution in [-0.4, -0.2) is 0 Å². The molecule has 0 unspecified atom stereocenters. The Balaban J connectivity index is 2.70. The highest BCUT2D eigenvalue weighted by Crippen LogP contribution is 2.42. The maximum atomic E-state index is 8.50. The molecule has 0 radical (unpaired) electrons. The minimum absolute atomic E-state index is 0.689. The molecule has 9 heavy (non-hydrogen) atoms. The van der Waals surface area contributed by atoms with Gasteiger partial charge in [0.2, 0.25) is 0 Å². The number of thiophene rings is 1. The van der Waals surface area contributed by atoms with Crippen LogP contribution in [-0.2, 0) is 6.42 Å². The normalized spacial score (nSPS) is 12.3. The Labute approximate surface area is 56.5 Å². The molecule has 44 valence electrons. The van der Waals surface area contributed by atoms with Gasteiger partial charge in [0.1, 0.15) is 11.1 Å². The first-order chi connectivity index (χ1) is 4.33. The number of nitrogen functional groups attached to an aromatic ring is 1. The van der Waals surface area contributed by atoms with E-state index in [1.165, 1.54) is 10.4 Å². The highest BCUT2D eigenvalue weighted by atomic mass is 32.1. The second kappa shape index (κ2) is 1.28. The van der Waals surface area contributed by atoms with E-state index >= 15 is 0 Å². The minimum atomic E-state index is 0.689. The lowest BCUT2D eigenvalue weighted by Gasteiger charge is -1.83. The fourth-order valence-corrected chi connectivity index (χ4v) is 1.88. The lowest BCUT2D eigenvalue weighted by molar-refractivity contribution is 1.48. The standard InChI is InChI=1S/C6H4N2S/c7-2-4-3-1-5(3)9-6(4)8/h1,8H2. The van der Waals surface area contributed by atoms with Crippen LogP contribution >= 0.6 is 11.3 Å². The zero-order valence-electron chi connectivity index (χ0n) is 4.64. The average molecular weight is 136 g/mol. The monoisotopic (exact) mass is 136 g/mol. The summed E-state index contributed by atoms with van der Waals surface area (Å²) in [5.41, 5.74) is 7.39. The van der Waals surface area contributed by atoms with Crippen molar-refractivity contribution >= 4 is 16.3 Å². The van der Waals surface area contributed by atoms with Crippen molar-refractivity contribution < 1.29 is 0 Å². The molecule has 2 N–H and O–H groups in total. The third-order valence-electron chi connectivity index (χ3n) is 1.44. The summed E-state index contributed by atoms with van der Waals surface area (Å²) in [5, 5.41) is 9.19. The van der Waals surface area contributed by atoms with Crippen molar-refractivity contribution in [1.82, 2.24) is 0 Å². The maximum Gasteiger partial charge on any atom is 0.104 e. The molecule has 1 heterocycles. The Morgan fingerprint density at radius 1 is 1.67 bits per heavy atom. The summed E-state index contributed by atoms with van der Waals surface area (Å²) in [6, 6.07) is 2.08. The first kappa shape index (κ1) is 4.83. The van der Waals surface area contributed by atoms with Crippen LogP contribution in [0.1, 0.15) is 16.0 Å². The van der Waals surface area contributed by atoms with E-state index in [2.05, 4.69) is 6.07 Å².